The Balaban J connectivity index is 1.86. The maximum Gasteiger partial charge on any atom is 0.348 e. The molecule has 0 spiro atoms. The van der Waals surface area contributed by atoms with Gasteiger partial charge in [0.05, 0.1) is 12.2 Å². The molecule has 1 aliphatic carbocycles. The van der Waals surface area contributed by atoms with E-state index in [2.05, 4.69) is 5.43 Å². The Morgan fingerprint density at radius 3 is 2.11 bits per heavy atom. The van der Waals surface area contributed by atoms with Gasteiger partial charge in [0.1, 0.15) is 9.88 Å². The number of nitrogens with zero attached hydrogens (tertiary/aromatic N) is 1. The van der Waals surface area contributed by atoms with Crippen LogP contribution in [0.4, 0.5) is 5.00 Å². The predicted octanol–water partition coefficient (Wildman–Crippen LogP) is 6.38. The molecule has 0 bridgehead atoms. The second-order valence-electron chi connectivity index (χ2n) is 9.35. The van der Waals surface area contributed by atoms with Gasteiger partial charge in [0.15, 0.2) is 5.78 Å². The molecule has 37 heavy (non-hydrogen) atoms. The molecule has 2 aromatic carbocycles. The van der Waals surface area contributed by atoms with Crippen molar-refractivity contribution in [1.29, 1.82) is 0 Å². The molecule has 1 aromatic heterocycles. The highest BCUT2D eigenvalue weighted by atomic mass is 35.5. The zero-order valence-electron chi connectivity index (χ0n) is 20.4. The molecule has 7 nitrogen and oxygen atoms in total. The van der Waals surface area contributed by atoms with Gasteiger partial charge in [-0.3, -0.25) is 19.8 Å². The summed E-state index contributed by atoms with van der Waals surface area (Å²) in [4.78, 5) is 53.4. The number of esters is 1. The monoisotopic (exact) mass is 558 g/mol. The summed E-state index contributed by atoms with van der Waals surface area (Å²) in [7, 11) is 0. The minimum atomic E-state index is -0.601. The van der Waals surface area contributed by atoms with Crippen molar-refractivity contribution in [2.75, 3.05) is 11.6 Å². The molecular weight excluding hydrogens is 535 g/mol. The number of anilines is 1. The van der Waals surface area contributed by atoms with E-state index >= 15 is 0 Å². The van der Waals surface area contributed by atoms with E-state index in [-0.39, 0.29) is 50.8 Å². The summed E-state index contributed by atoms with van der Waals surface area (Å²) in [6.45, 7) is 5.73. The summed E-state index contributed by atoms with van der Waals surface area (Å²) in [5, 5.41) is 2.07. The molecule has 4 rings (SSSR count). The van der Waals surface area contributed by atoms with Gasteiger partial charge in [-0.1, -0.05) is 37.0 Å². The van der Waals surface area contributed by atoms with Crippen LogP contribution < -0.4 is 10.4 Å². The maximum absolute atomic E-state index is 13.7. The number of thiophene rings is 1. The number of hydrogen-bond donors (Lipinski definition) is 1. The van der Waals surface area contributed by atoms with Crippen LogP contribution >= 0.6 is 34.5 Å². The van der Waals surface area contributed by atoms with E-state index in [9.17, 15) is 19.2 Å². The molecule has 3 aromatic rings. The summed E-state index contributed by atoms with van der Waals surface area (Å²) in [6.07, 6.45) is 0.660. The fourth-order valence-corrected chi connectivity index (χ4v) is 5.62. The molecule has 0 aliphatic heterocycles. The lowest BCUT2D eigenvalue weighted by atomic mass is 9.74. The van der Waals surface area contributed by atoms with Crippen molar-refractivity contribution >= 4 is 63.1 Å². The second kappa shape index (κ2) is 10.7. The maximum atomic E-state index is 13.7. The van der Waals surface area contributed by atoms with Gasteiger partial charge >= 0.3 is 5.97 Å². The van der Waals surface area contributed by atoms with Crippen molar-refractivity contribution in [3.05, 3.63) is 85.7 Å². The lowest BCUT2D eigenvalue weighted by Gasteiger charge is -2.30. The molecule has 0 atom stereocenters. The van der Waals surface area contributed by atoms with Crippen LogP contribution in [0.15, 0.2) is 48.5 Å². The molecule has 10 heteroatoms. The summed E-state index contributed by atoms with van der Waals surface area (Å²) in [6, 6.07) is 12.3. The molecule has 0 radical (unpaired) electrons. The molecule has 1 aliphatic rings. The molecular formula is C27H24Cl2N2O5S. The van der Waals surface area contributed by atoms with Crippen LogP contribution in [0.3, 0.4) is 0 Å². The van der Waals surface area contributed by atoms with Gasteiger partial charge in [-0.15, -0.1) is 11.3 Å². The lowest BCUT2D eigenvalue weighted by molar-refractivity contribution is 0.0530. The fraction of sp³-hybridized carbons (Fsp3) is 0.259. The van der Waals surface area contributed by atoms with Crippen molar-refractivity contribution in [2.45, 2.75) is 33.6 Å². The number of fused-ring (bicyclic) bond motifs is 1. The second-order valence-corrected chi connectivity index (χ2v) is 11.2. The van der Waals surface area contributed by atoms with Gasteiger partial charge in [-0.2, -0.15) is 0 Å². The number of hydrazine groups is 1. The standard InChI is InChI=1S/C27H24Cl2N2O5S/c1-4-36-26(35)22-19-13-27(2,3)14-20(32)21(19)25(37-22)31(24(34)16-7-11-18(29)12-8-16)30-23(33)15-5-9-17(28)10-6-15/h5-12H,4,13-14H2,1-3H3,(H,30,33). The van der Waals surface area contributed by atoms with Crippen LogP contribution in [-0.2, 0) is 11.2 Å². The van der Waals surface area contributed by atoms with Crippen molar-refractivity contribution in [1.82, 2.24) is 5.43 Å². The number of ketones is 1. The number of benzene rings is 2. The number of nitrogens with one attached hydrogen (secondary N) is 1. The van der Waals surface area contributed by atoms with E-state index in [0.29, 0.717) is 22.0 Å². The largest absolute Gasteiger partial charge is 0.462 e. The Morgan fingerprint density at radius 2 is 1.54 bits per heavy atom. The molecule has 1 heterocycles. The number of carbonyl (C=O) groups is 4. The highest BCUT2D eigenvalue weighted by Gasteiger charge is 2.40. The van der Waals surface area contributed by atoms with E-state index in [1.807, 2.05) is 13.8 Å². The van der Waals surface area contributed by atoms with Crippen LogP contribution in [0.2, 0.25) is 10.0 Å². The van der Waals surface area contributed by atoms with Gasteiger partial charge in [-0.05, 0) is 72.9 Å². The van der Waals surface area contributed by atoms with Crippen LogP contribution in [0.5, 0.6) is 0 Å². The van der Waals surface area contributed by atoms with Crippen molar-refractivity contribution < 1.29 is 23.9 Å². The van der Waals surface area contributed by atoms with Gasteiger partial charge in [0, 0.05) is 27.6 Å². The minimum absolute atomic E-state index is 0.152. The topological polar surface area (TPSA) is 92.8 Å². The highest BCUT2D eigenvalue weighted by Crippen LogP contribution is 2.45. The minimum Gasteiger partial charge on any atom is -0.462 e. The van der Waals surface area contributed by atoms with Crippen molar-refractivity contribution in [3.63, 3.8) is 0 Å². The van der Waals surface area contributed by atoms with E-state index in [1.165, 1.54) is 24.3 Å². The highest BCUT2D eigenvalue weighted by molar-refractivity contribution is 7.18. The van der Waals surface area contributed by atoms with Crippen molar-refractivity contribution in [2.24, 2.45) is 5.41 Å². The third-order valence-electron chi connectivity index (χ3n) is 5.84. The number of ether oxygens (including phenoxy) is 1. The average molecular weight is 559 g/mol. The number of amides is 2. The Bertz CT molecular complexity index is 1380. The first-order chi connectivity index (χ1) is 17.5. The normalized spacial score (nSPS) is 14.0. The first kappa shape index (κ1) is 26.9. The van der Waals surface area contributed by atoms with Gasteiger partial charge in [0.25, 0.3) is 11.8 Å². The Hall–Kier alpha value is -3.20. The SMILES string of the molecule is CCOC(=O)c1sc(N(NC(=O)c2ccc(Cl)cc2)C(=O)c2ccc(Cl)cc2)c2c1CC(C)(C)CC2=O. The summed E-state index contributed by atoms with van der Waals surface area (Å²) < 4.78 is 5.25. The number of halogens is 2. The van der Waals surface area contributed by atoms with Crippen LogP contribution in [0, 0.1) is 5.41 Å². The van der Waals surface area contributed by atoms with Crippen molar-refractivity contribution in [3.8, 4) is 0 Å². The third-order valence-corrected chi connectivity index (χ3v) is 7.54. The molecule has 0 saturated heterocycles. The van der Waals surface area contributed by atoms with E-state index in [0.717, 1.165) is 16.3 Å². The smallest absolute Gasteiger partial charge is 0.348 e. The third kappa shape index (κ3) is 5.71. The first-order valence-corrected chi connectivity index (χ1v) is 13.1. The Kier molecular flexibility index (Phi) is 7.73. The Morgan fingerprint density at radius 1 is 0.973 bits per heavy atom. The molecule has 0 unspecified atom stereocenters. The molecule has 192 valence electrons. The quantitative estimate of drug-likeness (QED) is 0.289. The van der Waals surface area contributed by atoms with E-state index < -0.39 is 17.8 Å². The predicted molar refractivity (Wildman–Crippen MR) is 144 cm³/mol. The average Bonchev–Trinajstić information content (AvgIpc) is 3.21. The molecule has 1 N–H and O–H groups in total. The number of Topliss-reactive ketones (excluding diaryl/α,β-unsaturated/α-hetero) is 1. The number of rotatable bonds is 5. The van der Waals surface area contributed by atoms with Crippen LogP contribution in [0.1, 0.15) is 73.5 Å². The van der Waals surface area contributed by atoms with Gasteiger partial charge < -0.3 is 4.74 Å². The zero-order chi connectivity index (χ0) is 26.9. The van der Waals surface area contributed by atoms with Gasteiger partial charge in [-0.25, -0.2) is 9.80 Å². The molecule has 2 amide bonds. The molecule has 0 fully saturated rings. The summed E-state index contributed by atoms with van der Waals surface area (Å²) in [5.41, 5.74) is 3.49. The lowest BCUT2D eigenvalue weighted by Crippen LogP contribution is -2.47. The summed E-state index contributed by atoms with van der Waals surface area (Å²) in [5.74, 6) is -2.00. The number of hydrogen-bond acceptors (Lipinski definition) is 6. The van der Waals surface area contributed by atoms with E-state index in [4.69, 9.17) is 27.9 Å². The molecule has 0 saturated carbocycles. The van der Waals surface area contributed by atoms with Crippen LogP contribution in [0.25, 0.3) is 0 Å². The van der Waals surface area contributed by atoms with Crippen LogP contribution in [-0.4, -0.2) is 30.2 Å². The first-order valence-electron chi connectivity index (χ1n) is 11.5. The van der Waals surface area contributed by atoms with E-state index in [1.54, 1.807) is 31.2 Å². The Labute approximate surface area is 228 Å². The fourth-order valence-electron chi connectivity index (χ4n) is 4.17. The summed E-state index contributed by atoms with van der Waals surface area (Å²) >= 11 is 12.9. The van der Waals surface area contributed by atoms with Gasteiger partial charge in [0.2, 0.25) is 0 Å². The zero-order valence-corrected chi connectivity index (χ0v) is 22.7. The number of carbonyl (C=O) groups excluding carboxylic acids is 4.